The Morgan fingerprint density at radius 3 is 2.38 bits per heavy atom. The van der Waals surface area contributed by atoms with Gasteiger partial charge in [-0.05, 0) is 67.6 Å². The Labute approximate surface area is 192 Å². The molecule has 5 heteroatoms. The molecule has 3 aromatic rings. The summed E-state index contributed by atoms with van der Waals surface area (Å²) in [4.78, 5) is 31.1. The van der Waals surface area contributed by atoms with Gasteiger partial charge in [-0.25, -0.2) is 4.90 Å². The molecule has 0 fully saturated rings. The summed E-state index contributed by atoms with van der Waals surface area (Å²) in [6, 6.07) is 19.3. The fraction of sp³-hybridized carbons (Fsp3) is 0.185. The molecule has 0 N–H and O–H groups in total. The number of benzene rings is 3. The van der Waals surface area contributed by atoms with Gasteiger partial charge in [0.1, 0.15) is 5.70 Å². The van der Waals surface area contributed by atoms with E-state index in [4.69, 9.17) is 11.6 Å². The van der Waals surface area contributed by atoms with Gasteiger partial charge in [-0.2, -0.15) is 0 Å². The smallest absolute Gasteiger partial charge is 0.282 e. The Hall–Kier alpha value is -3.37. The topological polar surface area (TPSA) is 40.6 Å². The first-order valence-electron chi connectivity index (χ1n) is 10.7. The first-order valence-corrected chi connectivity index (χ1v) is 11.1. The minimum atomic E-state index is -0.313. The molecule has 0 saturated carbocycles. The number of hydrogen-bond acceptors (Lipinski definition) is 3. The van der Waals surface area contributed by atoms with Crippen LogP contribution in [0.15, 0.2) is 66.4 Å². The Balaban J connectivity index is 1.74. The lowest BCUT2D eigenvalue weighted by molar-refractivity contribution is -0.120. The molecule has 0 aromatic heterocycles. The van der Waals surface area contributed by atoms with E-state index in [1.165, 1.54) is 10.5 Å². The van der Waals surface area contributed by atoms with Gasteiger partial charge in [-0.3, -0.25) is 9.59 Å². The van der Waals surface area contributed by atoms with E-state index in [1.807, 2.05) is 68.1 Å². The van der Waals surface area contributed by atoms with E-state index in [-0.39, 0.29) is 11.8 Å². The number of fused-ring (bicyclic) bond motifs is 1. The van der Waals surface area contributed by atoms with Crippen LogP contribution in [0.4, 0.5) is 11.4 Å². The molecular weight excluding hydrogens is 420 g/mol. The average molecular weight is 443 g/mol. The third-order valence-corrected chi connectivity index (χ3v) is 6.51. The standard InChI is InChI=1S/C27H23ClN2O2/c1-16-8-11-21(18(3)14-16)24-25(29-13-12-19-6-4-5-7-22(19)29)27(32)30(26(24)31)23-15-20(28)10-9-17(23)2/h4-11,14-15H,12-13H2,1-3H3. The number of rotatable bonds is 3. The van der Waals surface area contributed by atoms with Crippen molar-refractivity contribution in [2.75, 3.05) is 16.3 Å². The Bertz CT molecular complexity index is 1320. The average Bonchev–Trinajstić information content (AvgIpc) is 3.28. The zero-order chi connectivity index (χ0) is 22.6. The molecule has 5 rings (SSSR count). The molecule has 4 nitrogen and oxygen atoms in total. The predicted molar refractivity (Wildman–Crippen MR) is 129 cm³/mol. The first-order chi connectivity index (χ1) is 15.4. The van der Waals surface area contributed by atoms with Crippen LogP contribution in [-0.2, 0) is 16.0 Å². The van der Waals surface area contributed by atoms with Crippen LogP contribution in [0, 0.1) is 20.8 Å². The largest absolute Gasteiger partial charge is 0.336 e. The highest BCUT2D eigenvalue weighted by atomic mass is 35.5. The highest BCUT2D eigenvalue weighted by Crippen LogP contribution is 2.41. The van der Waals surface area contributed by atoms with E-state index >= 15 is 0 Å². The van der Waals surface area contributed by atoms with Crippen LogP contribution in [-0.4, -0.2) is 18.4 Å². The van der Waals surface area contributed by atoms with Crippen LogP contribution >= 0.6 is 11.6 Å². The molecular formula is C27H23ClN2O2. The van der Waals surface area contributed by atoms with Crippen LogP contribution in [0.1, 0.15) is 27.8 Å². The number of para-hydroxylation sites is 1. The quantitative estimate of drug-likeness (QED) is 0.495. The fourth-order valence-electron chi connectivity index (χ4n) is 4.72. The third-order valence-electron chi connectivity index (χ3n) is 6.28. The zero-order valence-electron chi connectivity index (χ0n) is 18.3. The molecule has 0 radical (unpaired) electrons. The highest BCUT2D eigenvalue weighted by molar-refractivity contribution is 6.47. The van der Waals surface area contributed by atoms with Gasteiger partial charge in [0.15, 0.2) is 0 Å². The first kappa shape index (κ1) is 20.5. The van der Waals surface area contributed by atoms with Crippen molar-refractivity contribution in [2.45, 2.75) is 27.2 Å². The summed E-state index contributed by atoms with van der Waals surface area (Å²) in [6.45, 7) is 6.54. The van der Waals surface area contributed by atoms with Gasteiger partial charge >= 0.3 is 0 Å². The number of carbonyl (C=O) groups is 2. The molecule has 0 atom stereocenters. The molecule has 0 spiro atoms. The Morgan fingerprint density at radius 2 is 1.59 bits per heavy atom. The summed E-state index contributed by atoms with van der Waals surface area (Å²) in [5.41, 5.74) is 7.25. The van der Waals surface area contributed by atoms with E-state index in [1.54, 1.807) is 12.1 Å². The SMILES string of the molecule is Cc1ccc(C2=C(N3CCc4ccccc43)C(=O)N(c3cc(Cl)ccc3C)C2=O)c(C)c1. The van der Waals surface area contributed by atoms with Crippen molar-refractivity contribution in [3.63, 3.8) is 0 Å². The van der Waals surface area contributed by atoms with E-state index < -0.39 is 0 Å². The summed E-state index contributed by atoms with van der Waals surface area (Å²) < 4.78 is 0. The highest BCUT2D eigenvalue weighted by Gasteiger charge is 2.44. The number of hydrogen-bond donors (Lipinski definition) is 0. The van der Waals surface area contributed by atoms with E-state index in [2.05, 4.69) is 6.07 Å². The van der Waals surface area contributed by atoms with E-state index in [0.29, 0.717) is 28.5 Å². The van der Waals surface area contributed by atoms with Crippen molar-refractivity contribution >= 4 is 40.4 Å². The second-order valence-corrected chi connectivity index (χ2v) is 8.89. The lowest BCUT2D eigenvalue weighted by Gasteiger charge is -2.22. The van der Waals surface area contributed by atoms with Gasteiger partial charge in [-0.15, -0.1) is 0 Å². The van der Waals surface area contributed by atoms with Crippen molar-refractivity contribution in [3.8, 4) is 0 Å². The lowest BCUT2D eigenvalue weighted by Crippen LogP contribution is -2.35. The molecule has 0 unspecified atom stereocenters. The van der Waals surface area contributed by atoms with Gasteiger partial charge in [-0.1, -0.05) is 59.6 Å². The van der Waals surface area contributed by atoms with Crippen molar-refractivity contribution < 1.29 is 9.59 Å². The van der Waals surface area contributed by atoms with Crippen LogP contribution < -0.4 is 9.80 Å². The fourth-order valence-corrected chi connectivity index (χ4v) is 4.88. The summed E-state index contributed by atoms with van der Waals surface area (Å²) in [7, 11) is 0. The lowest BCUT2D eigenvalue weighted by atomic mass is 9.97. The summed E-state index contributed by atoms with van der Waals surface area (Å²) >= 11 is 6.24. The molecule has 0 bridgehead atoms. The van der Waals surface area contributed by atoms with Crippen LogP contribution in [0.2, 0.25) is 5.02 Å². The molecule has 2 heterocycles. The van der Waals surface area contributed by atoms with Crippen LogP contribution in [0.3, 0.4) is 0 Å². The monoisotopic (exact) mass is 442 g/mol. The van der Waals surface area contributed by atoms with Crippen molar-refractivity contribution in [1.29, 1.82) is 0 Å². The summed E-state index contributed by atoms with van der Waals surface area (Å²) in [5.74, 6) is -0.626. The van der Waals surface area contributed by atoms with Crippen molar-refractivity contribution in [1.82, 2.24) is 0 Å². The number of anilines is 2. The van der Waals surface area contributed by atoms with Gasteiger partial charge in [0, 0.05) is 17.3 Å². The molecule has 3 aromatic carbocycles. The molecule has 0 saturated heterocycles. The molecule has 0 aliphatic carbocycles. The van der Waals surface area contributed by atoms with Crippen LogP contribution in [0.25, 0.3) is 5.57 Å². The molecule has 160 valence electrons. The van der Waals surface area contributed by atoms with Gasteiger partial charge < -0.3 is 4.90 Å². The number of nitrogens with zero attached hydrogens (tertiary/aromatic N) is 2. The van der Waals surface area contributed by atoms with E-state index in [0.717, 1.165) is 34.4 Å². The van der Waals surface area contributed by atoms with Crippen LogP contribution in [0.5, 0.6) is 0 Å². The Morgan fingerprint density at radius 1 is 0.812 bits per heavy atom. The van der Waals surface area contributed by atoms with Gasteiger partial charge in [0.05, 0.1) is 11.3 Å². The molecule has 2 aliphatic rings. The Kier molecular flexibility index (Phi) is 4.90. The minimum Gasteiger partial charge on any atom is -0.336 e. The minimum absolute atomic E-state index is 0.313. The normalized spacial score (nSPS) is 15.8. The molecule has 2 amide bonds. The molecule has 2 aliphatic heterocycles. The summed E-state index contributed by atoms with van der Waals surface area (Å²) in [6.07, 6.45) is 0.831. The maximum atomic E-state index is 13.9. The number of aryl methyl sites for hydroxylation is 3. The van der Waals surface area contributed by atoms with Gasteiger partial charge in [0.25, 0.3) is 11.8 Å². The number of halogens is 1. The zero-order valence-corrected chi connectivity index (χ0v) is 19.0. The second-order valence-electron chi connectivity index (χ2n) is 8.45. The van der Waals surface area contributed by atoms with Gasteiger partial charge in [0.2, 0.25) is 0 Å². The maximum absolute atomic E-state index is 13.9. The predicted octanol–water partition coefficient (Wildman–Crippen LogP) is 5.61. The maximum Gasteiger partial charge on any atom is 0.282 e. The summed E-state index contributed by atoms with van der Waals surface area (Å²) in [5, 5.41) is 0.485. The molecule has 32 heavy (non-hydrogen) atoms. The number of carbonyl (C=O) groups excluding carboxylic acids is 2. The third kappa shape index (κ3) is 3.14. The van der Waals surface area contributed by atoms with Crippen molar-refractivity contribution in [2.24, 2.45) is 0 Å². The number of imide groups is 1. The van der Waals surface area contributed by atoms with Crippen molar-refractivity contribution in [3.05, 3.63) is 99.2 Å². The van der Waals surface area contributed by atoms with E-state index in [9.17, 15) is 9.59 Å². The second kappa shape index (κ2) is 7.64. The number of amides is 2.